The van der Waals surface area contributed by atoms with Crippen molar-refractivity contribution in [2.75, 3.05) is 5.75 Å². The van der Waals surface area contributed by atoms with Crippen molar-refractivity contribution < 1.29 is 30.7 Å². The van der Waals surface area contributed by atoms with E-state index >= 15 is 0 Å². The summed E-state index contributed by atoms with van der Waals surface area (Å²) < 4.78 is 94.5. The number of nitrogens with one attached hydrogen (secondary N) is 1. The zero-order chi connectivity index (χ0) is 26.0. The van der Waals surface area contributed by atoms with Gasteiger partial charge in [-0.3, -0.25) is 4.98 Å². The Hall–Kier alpha value is -3.42. The van der Waals surface area contributed by atoms with Crippen LogP contribution in [-0.2, 0) is 22.7 Å². The topological polar surface area (TPSA) is 111 Å². The average Bonchev–Trinajstić information content (AvgIpc) is 3.47. The SMILES string of the molecule is CCS(=N)(=O)c1cc(-c2cc(C3CC3)on2)cnc1-c1nc2cc(C(F)(F)C(F)(F)F)cnc2n1C. The Kier molecular flexibility index (Phi) is 5.43. The van der Waals surface area contributed by atoms with Crippen LogP contribution < -0.4 is 0 Å². The maximum absolute atomic E-state index is 13.9. The summed E-state index contributed by atoms with van der Waals surface area (Å²) in [4.78, 5) is 12.3. The average molecular weight is 526 g/mol. The Balaban J connectivity index is 1.65. The summed E-state index contributed by atoms with van der Waals surface area (Å²) in [6.07, 6.45) is -1.92. The quantitative estimate of drug-likeness (QED) is 0.326. The highest BCUT2D eigenvalue weighted by Gasteiger charge is 2.59. The third-order valence-electron chi connectivity index (χ3n) is 6.06. The lowest BCUT2D eigenvalue weighted by atomic mass is 10.1. The Morgan fingerprint density at radius 1 is 1.14 bits per heavy atom. The van der Waals surface area contributed by atoms with Gasteiger partial charge in [0.25, 0.3) is 0 Å². The van der Waals surface area contributed by atoms with Gasteiger partial charge in [-0.1, -0.05) is 12.1 Å². The number of nitrogens with zero attached hydrogens (tertiary/aromatic N) is 5. The lowest BCUT2D eigenvalue weighted by Gasteiger charge is -2.19. The molecular formula is C22H19F5N6O2S. The van der Waals surface area contributed by atoms with Crippen molar-refractivity contribution in [1.29, 1.82) is 4.78 Å². The maximum atomic E-state index is 13.9. The van der Waals surface area contributed by atoms with Crippen LogP contribution in [-0.4, -0.2) is 40.8 Å². The minimum atomic E-state index is -5.80. The van der Waals surface area contributed by atoms with E-state index in [0.29, 0.717) is 29.4 Å². The van der Waals surface area contributed by atoms with Crippen molar-refractivity contribution in [3.63, 3.8) is 0 Å². The molecule has 5 rings (SSSR count). The van der Waals surface area contributed by atoms with Gasteiger partial charge < -0.3 is 9.09 Å². The highest BCUT2D eigenvalue weighted by Crippen LogP contribution is 2.44. The van der Waals surface area contributed by atoms with Crippen LogP contribution in [0.2, 0.25) is 0 Å². The highest BCUT2D eigenvalue weighted by atomic mass is 32.2. The molecule has 0 radical (unpaired) electrons. The summed E-state index contributed by atoms with van der Waals surface area (Å²) in [6.45, 7) is 1.56. The zero-order valence-corrected chi connectivity index (χ0v) is 19.8. The summed E-state index contributed by atoms with van der Waals surface area (Å²) in [5.74, 6) is -4.12. The van der Waals surface area contributed by atoms with Crippen LogP contribution in [0.15, 0.2) is 40.0 Å². The number of imidazole rings is 1. The largest absolute Gasteiger partial charge is 0.458 e. The van der Waals surface area contributed by atoms with E-state index < -0.39 is 27.4 Å². The molecule has 1 fully saturated rings. The molecule has 0 spiro atoms. The number of aryl methyl sites for hydroxylation is 1. The molecule has 1 N–H and O–H groups in total. The van der Waals surface area contributed by atoms with Gasteiger partial charge in [0.05, 0.1) is 20.2 Å². The molecule has 1 unspecified atom stereocenters. The first-order chi connectivity index (χ1) is 16.8. The Bertz CT molecular complexity index is 1590. The summed E-state index contributed by atoms with van der Waals surface area (Å²) in [7, 11) is -1.90. The molecule has 14 heteroatoms. The number of alkyl halides is 5. The fourth-order valence-corrected chi connectivity index (χ4v) is 4.85. The molecule has 1 aliphatic carbocycles. The van der Waals surface area contributed by atoms with Gasteiger partial charge in [0.1, 0.15) is 22.7 Å². The molecule has 0 amide bonds. The van der Waals surface area contributed by atoms with Crippen LogP contribution in [0.1, 0.15) is 37.0 Å². The number of pyridine rings is 2. The molecule has 4 heterocycles. The van der Waals surface area contributed by atoms with E-state index in [2.05, 4.69) is 20.1 Å². The van der Waals surface area contributed by atoms with Crippen LogP contribution in [0, 0.1) is 4.78 Å². The van der Waals surface area contributed by atoms with E-state index in [1.165, 1.54) is 23.9 Å². The second kappa shape index (κ2) is 8.05. The third kappa shape index (κ3) is 3.92. The second-order valence-corrected chi connectivity index (χ2v) is 10.9. The van der Waals surface area contributed by atoms with Crippen LogP contribution in [0.25, 0.3) is 33.9 Å². The Labute approximate surface area is 201 Å². The standard InChI is InChI=1S/C22H19F5N6O2S/c1-3-36(28,34)17-6-12(14-8-16(35-32-14)11-4-5-11)9-29-18(17)20-31-15-7-13(10-30-19(15)33(20)2)21(23,24)22(25,26)27/h6-11,28H,3-5H2,1-2H3. The molecule has 4 aromatic heterocycles. The first kappa shape index (κ1) is 24.3. The second-order valence-electron chi connectivity index (χ2n) is 8.56. The smallest absolute Gasteiger partial charge is 0.360 e. The summed E-state index contributed by atoms with van der Waals surface area (Å²) >= 11 is 0. The lowest BCUT2D eigenvalue weighted by molar-refractivity contribution is -0.289. The molecule has 4 aromatic rings. The number of hydrogen-bond acceptors (Lipinski definition) is 7. The molecule has 1 saturated carbocycles. The normalized spacial score (nSPS) is 16.4. The van der Waals surface area contributed by atoms with Crippen molar-refractivity contribution >= 4 is 20.9 Å². The molecule has 36 heavy (non-hydrogen) atoms. The van der Waals surface area contributed by atoms with Gasteiger partial charge in [0.2, 0.25) is 0 Å². The van der Waals surface area contributed by atoms with E-state index in [1.54, 1.807) is 13.0 Å². The number of rotatable bonds is 6. The zero-order valence-electron chi connectivity index (χ0n) is 18.9. The summed E-state index contributed by atoms with van der Waals surface area (Å²) in [6, 6.07) is 3.86. The minimum absolute atomic E-state index is 0.0128. The van der Waals surface area contributed by atoms with E-state index in [-0.39, 0.29) is 33.3 Å². The number of hydrogen-bond donors (Lipinski definition) is 1. The number of halogens is 5. The molecule has 8 nitrogen and oxygen atoms in total. The van der Waals surface area contributed by atoms with Crippen molar-refractivity contribution in [3.05, 3.63) is 41.9 Å². The maximum Gasteiger partial charge on any atom is 0.458 e. The molecule has 0 saturated heterocycles. The van der Waals surface area contributed by atoms with E-state index in [4.69, 9.17) is 9.30 Å². The van der Waals surface area contributed by atoms with E-state index in [0.717, 1.165) is 18.6 Å². The summed E-state index contributed by atoms with van der Waals surface area (Å²) in [5.41, 5.74) is -0.635. The van der Waals surface area contributed by atoms with E-state index in [9.17, 15) is 26.2 Å². The minimum Gasteiger partial charge on any atom is -0.360 e. The number of aromatic nitrogens is 5. The molecule has 1 atom stereocenters. The van der Waals surface area contributed by atoms with Crippen molar-refractivity contribution in [2.45, 2.75) is 42.7 Å². The first-order valence-electron chi connectivity index (χ1n) is 10.8. The molecule has 0 bridgehead atoms. The fraction of sp³-hybridized carbons (Fsp3) is 0.364. The Morgan fingerprint density at radius 2 is 1.86 bits per heavy atom. The predicted octanol–water partition coefficient (Wildman–Crippen LogP) is 5.64. The molecule has 190 valence electrons. The predicted molar refractivity (Wildman–Crippen MR) is 119 cm³/mol. The van der Waals surface area contributed by atoms with Gasteiger partial charge in [-0.25, -0.2) is 19.0 Å². The third-order valence-corrected chi connectivity index (χ3v) is 7.89. The van der Waals surface area contributed by atoms with Crippen LogP contribution in [0.3, 0.4) is 0 Å². The van der Waals surface area contributed by atoms with Gasteiger partial charge in [-0.05, 0) is 25.0 Å². The van der Waals surface area contributed by atoms with Gasteiger partial charge in [-0.15, -0.1) is 0 Å². The molecule has 1 aliphatic rings. The van der Waals surface area contributed by atoms with Crippen molar-refractivity contribution in [1.82, 2.24) is 24.7 Å². The van der Waals surface area contributed by atoms with Crippen LogP contribution in [0.4, 0.5) is 22.0 Å². The van der Waals surface area contributed by atoms with Crippen molar-refractivity contribution in [2.24, 2.45) is 7.05 Å². The molecular weight excluding hydrogens is 507 g/mol. The summed E-state index contributed by atoms with van der Waals surface area (Å²) in [5, 5.41) is 4.04. The number of fused-ring (bicyclic) bond motifs is 1. The molecule has 0 aromatic carbocycles. The first-order valence-corrected chi connectivity index (χ1v) is 12.6. The highest BCUT2D eigenvalue weighted by molar-refractivity contribution is 7.92. The lowest BCUT2D eigenvalue weighted by Crippen LogP contribution is -2.33. The van der Waals surface area contributed by atoms with Crippen LogP contribution in [0.5, 0.6) is 0 Å². The molecule has 0 aliphatic heterocycles. The van der Waals surface area contributed by atoms with Gasteiger partial charge in [0, 0.05) is 42.7 Å². The monoisotopic (exact) mass is 526 g/mol. The van der Waals surface area contributed by atoms with E-state index in [1.807, 2.05) is 0 Å². The van der Waals surface area contributed by atoms with Gasteiger partial charge >= 0.3 is 12.1 Å². The van der Waals surface area contributed by atoms with Gasteiger partial charge in [0.15, 0.2) is 11.5 Å². The van der Waals surface area contributed by atoms with Crippen LogP contribution >= 0.6 is 0 Å². The fourth-order valence-electron chi connectivity index (χ4n) is 3.77. The van der Waals surface area contributed by atoms with Crippen molar-refractivity contribution in [3.8, 4) is 22.8 Å². The Morgan fingerprint density at radius 3 is 2.50 bits per heavy atom. The van der Waals surface area contributed by atoms with Gasteiger partial charge in [-0.2, -0.15) is 22.0 Å².